The molecule has 0 saturated carbocycles. The molecule has 0 radical (unpaired) electrons. The molecule has 0 spiro atoms. The van der Waals surface area contributed by atoms with Crippen molar-refractivity contribution in [3.8, 4) is 0 Å². The quantitative estimate of drug-likeness (QED) is 0.398. The molecule has 0 aliphatic rings. The lowest BCUT2D eigenvalue weighted by atomic mass is 10.5. The van der Waals surface area contributed by atoms with Gasteiger partial charge in [-0.2, -0.15) is 0 Å². The lowest BCUT2D eigenvalue weighted by molar-refractivity contribution is 0.794. The normalized spacial score (nSPS) is 10.6. The van der Waals surface area contributed by atoms with Crippen molar-refractivity contribution in [2.75, 3.05) is 18.1 Å². The summed E-state index contributed by atoms with van der Waals surface area (Å²) in [6.07, 6.45) is 1.78. The summed E-state index contributed by atoms with van der Waals surface area (Å²) >= 11 is 1.59. The van der Waals surface area contributed by atoms with Gasteiger partial charge in [-0.15, -0.1) is 10.2 Å². The van der Waals surface area contributed by atoms with Crippen molar-refractivity contribution in [2.24, 2.45) is 5.73 Å². The summed E-state index contributed by atoms with van der Waals surface area (Å²) in [6.45, 7) is 2.70. The number of nitrogens with two attached hydrogens (primary N) is 2. The Balaban J connectivity index is 2.51. The van der Waals surface area contributed by atoms with Crippen LogP contribution >= 0.6 is 11.8 Å². The molecule has 1 rings (SSSR count). The van der Waals surface area contributed by atoms with Gasteiger partial charge >= 0.3 is 0 Å². The molecule has 0 fully saturated rings. The van der Waals surface area contributed by atoms with Gasteiger partial charge in [0.25, 0.3) is 0 Å². The Morgan fingerprint density at radius 2 is 2.23 bits per heavy atom. The van der Waals surface area contributed by atoms with Crippen LogP contribution in [0.1, 0.15) is 19.2 Å². The van der Waals surface area contributed by atoms with Crippen LogP contribution in [0.3, 0.4) is 0 Å². The minimum Gasteiger partial charge on any atom is -0.336 e. The second-order valence-electron chi connectivity index (χ2n) is 2.61. The molecule has 4 N–H and O–H groups in total. The molecule has 0 bridgehead atoms. The first-order valence-corrected chi connectivity index (χ1v) is 5.30. The van der Waals surface area contributed by atoms with E-state index in [0.717, 1.165) is 29.6 Å². The van der Waals surface area contributed by atoms with Crippen LogP contribution in [0, 0.1) is 0 Å². The maximum atomic E-state index is 5.74. The molecule has 5 nitrogen and oxygen atoms in total. The highest BCUT2D eigenvalue weighted by Crippen LogP contribution is 2.14. The maximum absolute atomic E-state index is 5.74. The number of nitrogen functional groups attached to an aromatic ring is 1. The van der Waals surface area contributed by atoms with Gasteiger partial charge in [0.05, 0.1) is 0 Å². The van der Waals surface area contributed by atoms with E-state index in [0.29, 0.717) is 6.54 Å². The Morgan fingerprint density at radius 1 is 1.46 bits per heavy atom. The molecule has 0 saturated heterocycles. The van der Waals surface area contributed by atoms with Crippen molar-refractivity contribution in [3.63, 3.8) is 0 Å². The molecule has 6 heteroatoms. The second kappa shape index (κ2) is 5.08. The summed E-state index contributed by atoms with van der Waals surface area (Å²) in [4.78, 5) is 0. The van der Waals surface area contributed by atoms with Crippen LogP contribution in [0.25, 0.3) is 0 Å². The fourth-order valence-corrected chi connectivity index (χ4v) is 1.73. The van der Waals surface area contributed by atoms with Crippen molar-refractivity contribution < 1.29 is 0 Å². The number of hydrogen-bond acceptors (Lipinski definition) is 5. The van der Waals surface area contributed by atoms with E-state index >= 15 is 0 Å². The lowest BCUT2D eigenvalue weighted by Crippen LogP contribution is -2.13. The third-order valence-corrected chi connectivity index (χ3v) is 2.66. The summed E-state index contributed by atoms with van der Waals surface area (Å²) in [5, 5.41) is 8.69. The Labute approximate surface area is 81.9 Å². The standard InChI is InChI=1S/C7H15N5S/c1-2-6-10-11-7(12(6)9)13-5-3-4-8/h2-5,8-9H2,1H3. The average molecular weight is 201 g/mol. The van der Waals surface area contributed by atoms with E-state index in [4.69, 9.17) is 11.6 Å². The van der Waals surface area contributed by atoms with Crippen molar-refractivity contribution in [3.05, 3.63) is 5.82 Å². The van der Waals surface area contributed by atoms with Gasteiger partial charge < -0.3 is 11.6 Å². The summed E-state index contributed by atoms with van der Waals surface area (Å²) < 4.78 is 1.54. The van der Waals surface area contributed by atoms with Crippen molar-refractivity contribution >= 4 is 11.8 Å². The van der Waals surface area contributed by atoms with Gasteiger partial charge in [-0.3, -0.25) is 0 Å². The molecule has 0 unspecified atom stereocenters. The first-order chi connectivity index (χ1) is 6.29. The molecule has 0 aliphatic heterocycles. The predicted octanol–water partition coefficient (Wildman–Crippen LogP) is -0.00480. The van der Waals surface area contributed by atoms with E-state index in [2.05, 4.69) is 10.2 Å². The third-order valence-electron chi connectivity index (χ3n) is 1.63. The SMILES string of the molecule is CCc1nnc(SCCCN)n1N. The lowest BCUT2D eigenvalue weighted by Gasteiger charge is -2.00. The van der Waals surface area contributed by atoms with Gasteiger partial charge in [-0.1, -0.05) is 18.7 Å². The van der Waals surface area contributed by atoms with Gasteiger partial charge in [0.15, 0.2) is 5.82 Å². The summed E-state index contributed by atoms with van der Waals surface area (Å²) in [7, 11) is 0. The van der Waals surface area contributed by atoms with Crippen LogP contribution < -0.4 is 11.6 Å². The van der Waals surface area contributed by atoms with Gasteiger partial charge in [0.1, 0.15) is 0 Å². The zero-order valence-corrected chi connectivity index (χ0v) is 8.55. The first kappa shape index (κ1) is 10.3. The summed E-state index contributed by atoms with van der Waals surface area (Å²) in [6, 6.07) is 0. The zero-order valence-electron chi connectivity index (χ0n) is 7.73. The van der Waals surface area contributed by atoms with Crippen molar-refractivity contribution in [1.82, 2.24) is 14.9 Å². The Hall–Kier alpha value is -0.750. The number of hydrogen-bond donors (Lipinski definition) is 2. The highest BCUT2D eigenvalue weighted by molar-refractivity contribution is 7.99. The van der Waals surface area contributed by atoms with Crippen LogP contribution in [0.2, 0.25) is 0 Å². The number of aryl methyl sites for hydroxylation is 1. The number of aromatic nitrogens is 3. The Bertz CT molecular complexity index is 259. The van der Waals surface area contributed by atoms with E-state index in [1.54, 1.807) is 16.4 Å². The number of rotatable bonds is 5. The molecule has 74 valence electrons. The van der Waals surface area contributed by atoms with E-state index in [1.807, 2.05) is 6.92 Å². The average Bonchev–Trinajstić information content (AvgIpc) is 2.48. The second-order valence-corrected chi connectivity index (χ2v) is 3.68. The van der Waals surface area contributed by atoms with Gasteiger partial charge in [0, 0.05) is 12.2 Å². The van der Waals surface area contributed by atoms with E-state index in [9.17, 15) is 0 Å². The number of thioether (sulfide) groups is 1. The van der Waals surface area contributed by atoms with Crippen LogP contribution in [-0.2, 0) is 6.42 Å². The summed E-state index contributed by atoms with van der Waals surface area (Å²) in [5.41, 5.74) is 5.37. The van der Waals surface area contributed by atoms with E-state index in [-0.39, 0.29) is 0 Å². The van der Waals surface area contributed by atoms with Crippen LogP contribution in [0.4, 0.5) is 0 Å². The molecule has 0 amide bonds. The third kappa shape index (κ3) is 2.60. The topological polar surface area (TPSA) is 82.8 Å². The smallest absolute Gasteiger partial charge is 0.209 e. The molecule has 13 heavy (non-hydrogen) atoms. The highest BCUT2D eigenvalue weighted by Gasteiger charge is 2.06. The zero-order chi connectivity index (χ0) is 9.68. The molecule has 0 atom stereocenters. The largest absolute Gasteiger partial charge is 0.336 e. The summed E-state index contributed by atoms with van der Waals surface area (Å²) in [5.74, 6) is 7.49. The van der Waals surface area contributed by atoms with Gasteiger partial charge in [0.2, 0.25) is 5.16 Å². The van der Waals surface area contributed by atoms with Crippen molar-refractivity contribution in [1.29, 1.82) is 0 Å². The first-order valence-electron chi connectivity index (χ1n) is 4.31. The predicted molar refractivity (Wildman–Crippen MR) is 53.9 cm³/mol. The minimum atomic E-state index is 0.701. The van der Waals surface area contributed by atoms with Gasteiger partial charge in [-0.05, 0) is 13.0 Å². The molecular formula is C7H15N5S. The number of nitrogens with zero attached hydrogens (tertiary/aromatic N) is 3. The minimum absolute atomic E-state index is 0.701. The molecule has 1 aromatic heterocycles. The Morgan fingerprint density at radius 3 is 2.77 bits per heavy atom. The fourth-order valence-electron chi connectivity index (χ4n) is 0.894. The monoisotopic (exact) mass is 201 g/mol. The molecular weight excluding hydrogens is 186 g/mol. The molecule has 0 aliphatic carbocycles. The van der Waals surface area contributed by atoms with E-state index < -0.39 is 0 Å². The van der Waals surface area contributed by atoms with Crippen molar-refractivity contribution in [2.45, 2.75) is 24.9 Å². The molecule has 0 aromatic carbocycles. The fraction of sp³-hybridized carbons (Fsp3) is 0.714. The van der Waals surface area contributed by atoms with Crippen LogP contribution in [0.15, 0.2) is 5.16 Å². The molecule has 1 heterocycles. The molecule has 1 aromatic rings. The van der Waals surface area contributed by atoms with Gasteiger partial charge in [-0.25, -0.2) is 4.68 Å². The van der Waals surface area contributed by atoms with Crippen LogP contribution in [0.5, 0.6) is 0 Å². The maximum Gasteiger partial charge on any atom is 0.209 e. The van der Waals surface area contributed by atoms with E-state index in [1.165, 1.54) is 0 Å². The highest BCUT2D eigenvalue weighted by atomic mass is 32.2. The Kier molecular flexibility index (Phi) is 4.04. The van der Waals surface area contributed by atoms with Crippen LogP contribution in [-0.4, -0.2) is 27.2 Å².